The van der Waals surface area contributed by atoms with Gasteiger partial charge in [-0.1, -0.05) is 113 Å². The van der Waals surface area contributed by atoms with Crippen molar-refractivity contribution in [2.24, 2.45) is 21.6 Å². The summed E-state index contributed by atoms with van der Waals surface area (Å²) >= 11 is 24.8. The van der Waals surface area contributed by atoms with E-state index in [0.29, 0.717) is 63.4 Å². The fourth-order valence-corrected chi connectivity index (χ4v) is 11.3. The fraction of sp³-hybridized carbons (Fsp3) is 0.143. The lowest BCUT2D eigenvalue weighted by molar-refractivity contribution is 0.295. The first-order valence-corrected chi connectivity index (χ1v) is 32.6. The highest BCUT2D eigenvalue weighted by molar-refractivity contribution is 6.69. The molecule has 0 bridgehead atoms. The minimum Gasteiger partial charge on any atom is -0.497 e. The van der Waals surface area contributed by atoms with Gasteiger partial charge in [-0.3, -0.25) is 9.79 Å². The second-order valence-electron chi connectivity index (χ2n) is 22.0. The van der Waals surface area contributed by atoms with Crippen LogP contribution in [0.2, 0.25) is 10.3 Å². The Labute approximate surface area is 586 Å². The predicted molar refractivity (Wildman–Crippen MR) is 395 cm³/mol. The van der Waals surface area contributed by atoms with Crippen LogP contribution in [-0.2, 0) is 13.2 Å². The van der Waals surface area contributed by atoms with Crippen molar-refractivity contribution >= 4 is 101 Å². The second kappa shape index (κ2) is 33.3. The second-order valence-corrected chi connectivity index (χ2v) is 23.5. The number of halogens is 4. The molecule has 6 aromatic carbocycles. The maximum absolute atomic E-state index is 11.4. The van der Waals surface area contributed by atoms with E-state index in [0.717, 1.165) is 119 Å². The van der Waals surface area contributed by atoms with Crippen molar-refractivity contribution in [2.75, 3.05) is 46.8 Å². The van der Waals surface area contributed by atoms with Crippen LogP contribution >= 0.6 is 46.4 Å². The van der Waals surface area contributed by atoms with Crippen LogP contribution in [0.5, 0.6) is 34.8 Å². The zero-order valence-electron chi connectivity index (χ0n) is 53.7. The predicted octanol–water partition coefficient (Wildman–Crippen LogP) is 17.3. The number of aliphatic imine (C=N–C) groups is 2. The number of aromatic amines is 1. The molecule has 17 nitrogen and oxygen atoms in total. The van der Waals surface area contributed by atoms with Gasteiger partial charge in [0.15, 0.2) is 0 Å². The standard InChI is InChI=1S/C25H26N4O2.C22H17ClN2O2.C15H12Cl2N2O.C15H11ClN2O2/c1-30-20-10-8-19(9-11-20)22-16-23-21(25(29-22)27-15-5-14-26)12-13-24(28-23)31-17-18-6-3-2-4-7-18;1-26-17-9-7-16(8-10-17)19-13-20-18(22(23)25-19)11-12-21(24-20)27-14-15-5-3-2-4-6-15;1-20-10-4-2-9(3-5-10)12-8-13-11(15(17)19-12)6-7-14(16)18-13;1-20-10-4-2-9(3-5-10)12-8-13-11(15(16)18-12)6-7-14(19)17-13/h2-4,6-13,16H,5,14-15,17,26H2,1H3,(H,27,29);2-13H,14H2,1H3;2-8,11,13H,1H3;2-8H,1H3,(H,17,19). The molecule has 0 aliphatic carbocycles. The van der Waals surface area contributed by atoms with Crippen molar-refractivity contribution in [3.05, 3.63) is 268 Å². The molecule has 98 heavy (non-hydrogen) atoms. The summed E-state index contributed by atoms with van der Waals surface area (Å²) in [6.07, 6.45) is 6.55. The third-order valence-corrected chi connectivity index (χ3v) is 16.7. The fourth-order valence-electron chi connectivity index (χ4n) is 10.3. The minimum absolute atomic E-state index is 0.0128. The van der Waals surface area contributed by atoms with Gasteiger partial charge in [0.1, 0.15) is 62.7 Å². The highest BCUT2D eigenvalue weighted by atomic mass is 35.5. The van der Waals surface area contributed by atoms with Crippen LogP contribution < -0.4 is 45.0 Å². The lowest BCUT2D eigenvalue weighted by Gasteiger charge is -2.25. The third-order valence-electron chi connectivity index (χ3n) is 15.5. The topological polar surface area (TPSA) is 215 Å². The number of ether oxygens (including phenoxy) is 6. The van der Waals surface area contributed by atoms with E-state index in [4.69, 9.17) is 90.5 Å². The Hall–Kier alpha value is -10.7. The van der Waals surface area contributed by atoms with E-state index in [2.05, 4.69) is 35.2 Å². The van der Waals surface area contributed by atoms with E-state index in [1.807, 2.05) is 212 Å². The molecule has 0 saturated heterocycles. The molecule has 21 heteroatoms. The normalized spacial score (nSPS) is 13.5. The lowest BCUT2D eigenvalue weighted by Crippen LogP contribution is -2.27. The van der Waals surface area contributed by atoms with Gasteiger partial charge in [-0.05, 0) is 170 Å². The molecule has 6 aromatic heterocycles. The molecule has 0 amide bonds. The Balaban J connectivity index is 0.000000134. The Kier molecular flexibility index (Phi) is 23.4. The van der Waals surface area contributed by atoms with E-state index in [1.54, 1.807) is 40.6 Å². The number of anilines is 1. The highest BCUT2D eigenvalue weighted by Crippen LogP contribution is 2.35. The number of dihydropyridines is 1. The van der Waals surface area contributed by atoms with Gasteiger partial charge in [-0.25, -0.2) is 29.9 Å². The molecular formula is C77H66Cl4N10O7. The largest absolute Gasteiger partial charge is 0.497 e. The van der Waals surface area contributed by atoms with Crippen molar-refractivity contribution in [1.29, 1.82) is 0 Å². The summed E-state index contributed by atoms with van der Waals surface area (Å²) in [5.41, 5.74) is 16.8. The van der Waals surface area contributed by atoms with Gasteiger partial charge < -0.3 is 44.5 Å². The van der Waals surface area contributed by atoms with Crippen molar-refractivity contribution in [3.63, 3.8) is 0 Å². The van der Waals surface area contributed by atoms with Crippen molar-refractivity contribution in [1.82, 2.24) is 29.9 Å². The zero-order valence-corrected chi connectivity index (χ0v) is 56.7. The molecule has 494 valence electrons. The van der Waals surface area contributed by atoms with Crippen LogP contribution in [0.3, 0.4) is 0 Å². The number of fused-ring (bicyclic) bond motifs is 4. The summed E-state index contributed by atoms with van der Waals surface area (Å²) in [5.74, 6) is 5.08. The molecule has 2 aliphatic rings. The van der Waals surface area contributed by atoms with E-state index in [1.165, 1.54) is 6.07 Å². The molecule has 14 rings (SSSR count). The SMILES string of the molecule is COc1ccc(-c2cc3[nH]c(=O)ccc3c(Cl)n2)cc1.COc1ccc(-c2cc3nc(OCc4ccccc4)ccc3c(Cl)n2)cc1.COc1ccc(-c2cc3nc(OCc4ccccc4)ccc3c(NCCCN)n2)cc1.COc1ccc(C2=CC3N=C(Cl)C=CC3C(Cl)=N2)cc1. The summed E-state index contributed by atoms with van der Waals surface area (Å²) in [6.45, 7) is 2.30. The van der Waals surface area contributed by atoms with Crippen LogP contribution in [0.25, 0.3) is 72.2 Å². The summed E-state index contributed by atoms with van der Waals surface area (Å²) < 4.78 is 32.5. The first kappa shape index (κ1) is 68.7. The Morgan fingerprint density at radius 2 is 0.959 bits per heavy atom. The molecule has 0 fully saturated rings. The smallest absolute Gasteiger partial charge is 0.248 e. The van der Waals surface area contributed by atoms with Crippen LogP contribution in [0.1, 0.15) is 23.1 Å². The molecule has 2 unspecified atom stereocenters. The Morgan fingerprint density at radius 1 is 0.500 bits per heavy atom. The highest BCUT2D eigenvalue weighted by Gasteiger charge is 2.29. The number of hydrogen-bond donors (Lipinski definition) is 3. The number of pyridine rings is 6. The number of nitrogens with zero attached hydrogens (tertiary/aromatic N) is 7. The molecule has 0 saturated carbocycles. The minimum atomic E-state index is -0.166. The Morgan fingerprint density at radius 3 is 1.47 bits per heavy atom. The molecule has 2 aliphatic heterocycles. The number of allylic oxidation sites excluding steroid dienone is 1. The van der Waals surface area contributed by atoms with Crippen molar-refractivity contribution in [3.8, 4) is 68.5 Å². The number of rotatable bonds is 18. The average Bonchev–Trinajstić information content (AvgIpc) is 0.814. The molecular weight excluding hydrogens is 1320 g/mol. The zero-order chi connectivity index (χ0) is 68.3. The molecule has 0 spiro atoms. The van der Waals surface area contributed by atoms with Crippen LogP contribution in [0.4, 0.5) is 5.82 Å². The van der Waals surface area contributed by atoms with Gasteiger partial charge in [-0.15, -0.1) is 0 Å². The first-order chi connectivity index (χ1) is 47.8. The molecule has 2 atom stereocenters. The summed E-state index contributed by atoms with van der Waals surface area (Å²) in [4.78, 5) is 46.0. The first-order valence-electron chi connectivity index (χ1n) is 31.0. The third kappa shape index (κ3) is 17.9. The van der Waals surface area contributed by atoms with Crippen LogP contribution in [0, 0.1) is 5.92 Å². The van der Waals surface area contributed by atoms with Gasteiger partial charge in [0.05, 0.1) is 79.7 Å². The number of hydrogen-bond acceptors (Lipinski definition) is 16. The maximum Gasteiger partial charge on any atom is 0.248 e. The number of benzene rings is 6. The van der Waals surface area contributed by atoms with Gasteiger partial charge in [0.2, 0.25) is 17.3 Å². The maximum atomic E-state index is 11.4. The quantitative estimate of drug-likeness (QED) is 0.0538. The van der Waals surface area contributed by atoms with Gasteiger partial charge in [0, 0.05) is 63.2 Å². The van der Waals surface area contributed by atoms with Gasteiger partial charge in [0.25, 0.3) is 0 Å². The monoisotopic (exact) mass is 1380 g/mol. The van der Waals surface area contributed by atoms with E-state index >= 15 is 0 Å². The van der Waals surface area contributed by atoms with Crippen molar-refractivity contribution in [2.45, 2.75) is 25.7 Å². The molecule has 4 N–H and O–H groups in total. The summed E-state index contributed by atoms with van der Waals surface area (Å²) in [6, 6.07) is 67.0. The molecule has 12 aromatic rings. The summed E-state index contributed by atoms with van der Waals surface area (Å²) in [5, 5.41) is 7.67. The van der Waals surface area contributed by atoms with Crippen molar-refractivity contribution < 1.29 is 28.4 Å². The Bertz CT molecular complexity index is 4890. The van der Waals surface area contributed by atoms with Crippen LogP contribution in [0.15, 0.2) is 245 Å². The van der Waals surface area contributed by atoms with Gasteiger partial charge >= 0.3 is 0 Å². The average molecular weight is 1390 g/mol. The lowest BCUT2D eigenvalue weighted by atomic mass is 9.94. The number of methoxy groups -OCH3 is 4. The number of aromatic nitrogens is 6. The number of nitrogens with one attached hydrogen (secondary N) is 2. The van der Waals surface area contributed by atoms with E-state index in [-0.39, 0.29) is 17.5 Å². The number of nitrogens with two attached hydrogens (primary N) is 1. The van der Waals surface area contributed by atoms with Crippen LogP contribution in [-0.4, -0.2) is 87.8 Å². The van der Waals surface area contributed by atoms with Gasteiger partial charge in [-0.2, -0.15) is 0 Å². The molecule has 8 heterocycles. The van der Waals surface area contributed by atoms with E-state index in [9.17, 15) is 4.79 Å². The summed E-state index contributed by atoms with van der Waals surface area (Å²) in [7, 11) is 6.55. The molecule has 0 radical (unpaired) electrons. The number of H-pyrrole nitrogens is 1. The van der Waals surface area contributed by atoms with E-state index < -0.39 is 0 Å².